The lowest BCUT2D eigenvalue weighted by Crippen LogP contribution is -2.27. The molecule has 15 heavy (non-hydrogen) atoms. The fourth-order valence-corrected chi connectivity index (χ4v) is 1.38. The molecule has 0 saturated carbocycles. The summed E-state index contributed by atoms with van der Waals surface area (Å²) in [5.41, 5.74) is 7.74. The molecule has 3 heteroatoms. The topological polar surface area (TPSA) is 43.8 Å². The summed E-state index contributed by atoms with van der Waals surface area (Å²) in [7, 11) is 0. The summed E-state index contributed by atoms with van der Waals surface area (Å²) in [6, 6.07) is 10.00. The van der Waals surface area contributed by atoms with Crippen molar-refractivity contribution in [3.8, 4) is 5.69 Å². The zero-order valence-electron chi connectivity index (χ0n) is 9.01. The maximum absolute atomic E-state index is 5.99. The monoisotopic (exact) mass is 201 g/mol. The molecule has 78 valence electrons. The molecule has 2 rings (SSSR count). The summed E-state index contributed by atoms with van der Waals surface area (Å²) >= 11 is 0. The van der Waals surface area contributed by atoms with Crippen LogP contribution in [0.1, 0.15) is 19.4 Å². The van der Waals surface area contributed by atoms with Crippen molar-refractivity contribution in [2.45, 2.75) is 19.4 Å². The zero-order chi connectivity index (χ0) is 10.9. The molecular weight excluding hydrogens is 186 g/mol. The summed E-state index contributed by atoms with van der Waals surface area (Å²) in [4.78, 5) is 0. The maximum atomic E-state index is 5.99. The third kappa shape index (κ3) is 2.07. The van der Waals surface area contributed by atoms with Crippen LogP contribution in [0.5, 0.6) is 0 Å². The minimum Gasteiger partial charge on any atom is -0.322 e. The van der Waals surface area contributed by atoms with Crippen LogP contribution in [0.25, 0.3) is 5.69 Å². The van der Waals surface area contributed by atoms with E-state index in [1.165, 1.54) is 0 Å². The Morgan fingerprint density at radius 2 is 1.87 bits per heavy atom. The molecule has 2 aromatic rings. The van der Waals surface area contributed by atoms with Crippen molar-refractivity contribution >= 4 is 0 Å². The molecule has 1 aromatic heterocycles. The third-order valence-corrected chi connectivity index (χ3v) is 2.35. The molecule has 2 N–H and O–H groups in total. The average molecular weight is 201 g/mol. The van der Waals surface area contributed by atoms with Gasteiger partial charge in [0.05, 0.1) is 11.9 Å². The van der Waals surface area contributed by atoms with Crippen molar-refractivity contribution in [1.29, 1.82) is 0 Å². The average Bonchev–Trinajstić information content (AvgIpc) is 2.67. The molecule has 0 aliphatic carbocycles. The Kier molecular flexibility index (Phi) is 2.32. The van der Waals surface area contributed by atoms with Crippen molar-refractivity contribution in [2.24, 2.45) is 5.73 Å². The fraction of sp³-hybridized carbons (Fsp3) is 0.250. The van der Waals surface area contributed by atoms with Crippen molar-refractivity contribution in [3.63, 3.8) is 0 Å². The van der Waals surface area contributed by atoms with Gasteiger partial charge in [-0.1, -0.05) is 18.2 Å². The van der Waals surface area contributed by atoms with Crippen molar-refractivity contribution in [3.05, 3.63) is 48.3 Å². The van der Waals surface area contributed by atoms with Gasteiger partial charge in [-0.05, 0) is 26.0 Å². The van der Waals surface area contributed by atoms with E-state index in [1.807, 2.05) is 61.3 Å². The number of nitrogens with two attached hydrogens (primary N) is 1. The van der Waals surface area contributed by atoms with Gasteiger partial charge < -0.3 is 5.73 Å². The van der Waals surface area contributed by atoms with E-state index in [0.717, 1.165) is 11.3 Å². The van der Waals surface area contributed by atoms with Gasteiger partial charge in [0.15, 0.2) is 0 Å². The highest BCUT2D eigenvalue weighted by molar-refractivity contribution is 5.31. The summed E-state index contributed by atoms with van der Waals surface area (Å²) in [5, 5.41) is 4.29. The normalized spacial score (nSPS) is 11.7. The summed E-state index contributed by atoms with van der Waals surface area (Å²) in [6.07, 6.45) is 3.78. The van der Waals surface area contributed by atoms with Crippen LogP contribution in [-0.2, 0) is 5.54 Å². The van der Waals surface area contributed by atoms with Crippen molar-refractivity contribution < 1.29 is 0 Å². The van der Waals surface area contributed by atoms with Gasteiger partial charge in [-0.2, -0.15) is 5.10 Å². The molecule has 0 aliphatic heterocycles. The lowest BCUT2D eigenvalue weighted by atomic mass is 10.00. The Hall–Kier alpha value is -1.61. The molecule has 0 amide bonds. The lowest BCUT2D eigenvalue weighted by molar-refractivity contribution is 0.554. The SMILES string of the molecule is CC(C)(N)c1cnn(-c2ccccc2)c1. The largest absolute Gasteiger partial charge is 0.322 e. The summed E-state index contributed by atoms with van der Waals surface area (Å²) < 4.78 is 1.84. The number of hydrogen-bond acceptors (Lipinski definition) is 2. The number of aromatic nitrogens is 2. The first kappa shape index (κ1) is 9.93. The molecule has 0 unspecified atom stereocenters. The van der Waals surface area contributed by atoms with Crippen LogP contribution >= 0.6 is 0 Å². The molecular formula is C12H15N3. The number of hydrogen-bond donors (Lipinski definition) is 1. The third-order valence-electron chi connectivity index (χ3n) is 2.35. The van der Waals surface area contributed by atoms with Gasteiger partial charge >= 0.3 is 0 Å². The smallest absolute Gasteiger partial charge is 0.0645 e. The predicted molar refractivity (Wildman–Crippen MR) is 60.8 cm³/mol. The second-order valence-electron chi connectivity index (χ2n) is 4.23. The molecule has 0 fully saturated rings. The standard InChI is InChI=1S/C12H15N3/c1-12(2,13)10-8-14-15(9-10)11-6-4-3-5-7-11/h3-9H,13H2,1-2H3. The van der Waals surface area contributed by atoms with E-state index in [9.17, 15) is 0 Å². The van der Waals surface area contributed by atoms with Crippen LogP contribution in [0, 0.1) is 0 Å². The minimum absolute atomic E-state index is 0.340. The molecule has 0 spiro atoms. The van der Waals surface area contributed by atoms with Crippen molar-refractivity contribution in [2.75, 3.05) is 0 Å². The summed E-state index contributed by atoms with van der Waals surface area (Å²) in [6.45, 7) is 3.94. The van der Waals surface area contributed by atoms with Gasteiger partial charge in [0.25, 0.3) is 0 Å². The molecule has 1 heterocycles. The molecule has 0 atom stereocenters. The second kappa shape index (κ2) is 3.51. The summed E-state index contributed by atoms with van der Waals surface area (Å²) in [5.74, 6) is 0. The van der Waals surface area contributed by atoms with E-state index >= 15 is 0 Å². The van der Waals surface area contributed by atoms with Gasteiger partial charge in [0.2, 0.25) is 0 Å². The van der Waals surface area contributed by atoms with Crippen molar-refractivity contribution in [1.82, 2.24) is 9.78 Å². The second-order valence-corrected chi connectivity index (χ2v) is 4.23. The molecule has 3 nitrogen and oxygen atoms in total. The fourth-order valence-electron chi connectivity index (χ4n) is 1.38. The van der Waals surface area contributed by atoms with Gasteiger partial charge in [0.1, 0.15) is 0 Å². The highest BCUT2D eigenvalue weighted by Gasteiger charge is 2.16. The highest BCUT2D eigenvalue weighted by atomic mass is 15.3. The number of para-hydroxylation sites is 1. The number of benzene rings is 1. The maximum Gasteiger partial charge on any atom is 0.0645 e. The van der Waals surface area contributed by atoms with E-state index in [2.05, 4.69) is 5.10 Å². The van der Waals surface area contributed by atoms with Gasteiger partial charge in [-0.15, -0.1) is 0 Å². The number of rotatable bonds is 2. The molecule has 1 aromatic carbocycles. The molecule has 0 bridgehead atoms. The predicted octanol–water partition coefficient (Wildman–Crippen LogP) is 2.07. The van der Waals surface area contributed by atoms with Crippen LogP contribution in [0.2, 0.25) is 0 Å². The Bertz CT molecular complexity index is 437. The highest BCUT2D eigenvalue weighted by Crippen LogP contribution is 2.17. The van der Waals surface area contributed by atoms with E-state index < -0.39 is 0 Å². The Morgan fingerprint density at radius 3 is 2.40 bits per heavy atom. The first-order valence-corrected chi connectivity index (χ1v) is 4.97. The Morgan fingerprint density at radius 1 is 1.20 bits per heavy atom. The van der Waals surface area contributed by atoms with Crippen LogP contribution < -0.4 is 5.73 Å². The Labute approximate surface area is 89.5 Å². The minimum atomic E-state index is -0.340. The van der Waals surface area contributed by atoms with Crippen LogP contribution in [0.15, 0.2) is 42.7 Å². The molecule has 0 saturated heterocycles. The quantitative estimate of drug-likeness (QED) is 0.808. The van der Waals surface area contributed by atoms with Crippen LogP contribution in [0.3, 0.4) is 0 Å². The van der Waals surface area contributed by atoms with Gasteiger partial charge in [0, 0.05) is 17.3 Å². The lowest BCUT2D eigenvalue weighted by Gasteiger charge is -2.15. The van der Waals surface area contributed by atoms with Gasteiger partial charge in [-0.3, -0.25) is 0 Å². The first-order valence-electron chi connectivity index (χ1n) is 4.97. The molecule has 0 aliphatic rings. The zero-order valence-corrected chi connectivity index (χ0v) is 9.01. The molecule has 0 radical (unpaired) electrons. The van der Waals surface area contributed by atoms with Crippen LogP contribution in [-0.4, -0.2) is 9.78 Å². The first-order chi connectivity index (χ1) is 7.07. The van der Waals surface area contributed by atoms with E-state index in [1.54, 1.807) is 0 Å². The van der Waals surface area contributed by atoms with E-state index in [4.69, 9.17) is 5.73 Å². The number of nitrogens with zero attached hydrogens (tertiary/aromatic N) is 2. The van der Waals surface area contributed by atoms with Crippen LogP contribution in [0.4, 0.5) is 0 Å². The van der Waals surface area contributed by atoms with E-state index in [-0.39, 0.29) is 5.54 Å². The Balaban J connectivity index is 2.37. The van der Waals surface area contributed by atoms with Gasteiger partial charge in [-0.25, -0.2) is 4.68 Å². The van der Waals surface area contributed by atoms with E-state index in [0.29, 0.717) is 0 Å².